The quantitative estimate of drug-likeness (QED) is 0.622. The summed E-state index contributed by atoms with van der Waals surface area (Å²) in [4.78, 5) is 30.4. The molecule has 1 aromatic carbocycles. The predicted octanol–water partition coefficient (Wildman–Crippen LogP) is 4.33. The highest BCUT2D eigenvalue weighted by atomic mass is 16.5. The third kappa shape index (κ3) is 4.38. The lowest BCUT2D eigenvalue weighted by Gasteiger charge is -2.37. The second kappa shape index (κ2) is 9.00. The molecule has 0 N–H and O–H groups in total. The van der Waals surface area contributed by atoms with Crippen LogP contribution in [0.3, 0.4) is 0 Å². The topological polar surface area (TPSA) is 63.0 Å². The molecule has 0 spiro atoms. The Hall–Kier alpha value is -3.02. The minimum atomic E-state index is -0.274. The Kier molecular flexibility index (Phi) is 6.16. The van der Waals surface area contributed by atoms with Crippen molar-refractivity contribution >= 4 is 17.4 Å². The zero-order valence-corrected chi connectivity index (χ0v) is 18.5. The summed E-state index contributed by atoms with van der Waals surface area (Å²) in [6.45, 7) is 8.78. The summed E-state index contributed by atoms with van der Waals surface area (Å²) in [5.41, 5.74) is 1.72. The van der Waals surface area contributed by atoms with Crippen LogP contribution in [0.4, 0.5) is 0 Å². The third-order valence-corrected chi connectivity index (χ3v) is 5.84. The predicted molar refractivity (Wildman–Crippen MR) is 118 cm³/mol. The van der Waals surface area contributed by atoms with Gasteiger partial charge in [0.15, 0.2) is 0 Å². The maximum atomic E-state index is 13.5. The molecule has 2 aliphatic rings. The highest BCUT2D eigenvalue weighted by Gasteiger charge is 2.43. The van der Waals surface area contributed by atoms with E-state index < -0.39 is 0 Å². The van der Waals surface area contributed by atoms with Crippen molar-refractivity contribution in [2.75, 3.05) is 19.7 Å². The highest BCUT2D eigenvalue weighted by molar-refractivity contribution is 6.35. The average Bonchev–Trinajstić information content (AvgIpc) is 3.34. The largest absolute Gasteiger partial charge is 0.494 e. The van der Waals surface area contributed by atoms with Crippen molar-refractivity contribution in [3.8, 4) is 5.75 Å². The number of nitrogens with zero attached hydrogens (tertiary/aromatic N) is 2. The Labute approximate surface area is 183 Å². The normalized spacial score (nSPS) is 21.9. The van der Waals surface area contributed by atoms with Gasteiger partial charge < -0.3 is 14.1 Å². The van der Waals surface area contributed by atoms with Gasteiger partial charge in [0.1, 0.15) is 17.2 Å². The zero-order chi connectivity index (χ0) is 22.0. The molecule has 0 saturated carbocycles. The average molecular weight is 423 g/mol. The number of imide groups is 1. The van der Waals surface area contributed by atoms with Crippen LogP contribution < -0.4 is 4.74 Å². The first kappa shape index (κ1) is 21.2. The summed E-state index contributed by atoms with van der Waals surface area (Å²) in [7, 11) is 0. The molecule has 164 valence electrons. The number of likely N-dealkylation sites (tertiary alicyclic amines) is 1. The van der Waals surface area contributed by atoms with Gasteiger partial charge >= 0.3 is 0 Å². The highest BCUT2D eigenvalue weighted by Crippen LogP contribution is 2.36. The molecule has 0 radical (unpaired) electrons. The van der Waals surface area contributed by atoms with Gasteiger partial charge in [-0.2, -0.15) is 0 Å². The number of ether oxygens (including phenoxy) is 1. The number of hydrogen-bond donors (Lipinski definition) is 0. The number of furan rings is 1. The molecule has 1 fully saturated rings. The number of piperidine rings is 1. The van der Waals surface area contributed by atoms with Gasteiger partial charge in [-0.3, -0.25) is 14.5 Å². The summed E-state index contributed by atoms with van der Waals surface area (Å²) in [5.74, 6) is 1.75. The van der Waals surface area contributed by atoms with Gasteiger partial charge in [-0.1, -0.05) is 32.9 Å². The first-order valence-corrected chi connectivity index (χ1v) is 11.1. The molecule has 1 saturated heterocycles. The van der Waals surface area contributed by atoms with Crippen molar-refractivity contribution in [3.05, 3.63) is 59.7 Å². The summed E-state index contributed by atoms with van der Waals surface area (Å²) >= 11 is 0. The number of amides is 2. The number of benzene rings is 1. The monoisotopic (exact) mass is 422 g/mol. The second-order valence-electron chi connectivity index (χ2n) is 8.72. The van der Waals surface area contributed by atoms with Crippen LogP contribution in [0.25, 0.3) is 5.57 Å². The van der Waals surface area contributed by atoms with Crippen LogP contribution >= 0.6 is 0 Å². The van der Waals surface area contributed by atoms with Crippen LogP contribution in [0.1, 0.15) is 44.9 Å². The number of carbonyl (C=O) groups is 2. The fourth-order valence-corrected chi connectivity index (χ4v) is 4.60. The van der Waals surface area contributed by atoms with E-state index in [1.165, 1.54) is 4.90 Å². The molecule has 2 atom stereocenters. The van der Waals surface area contributed by atoms with Crippen molar-refractivity contribution in [1.29, 1.82) is 0 Å². The van der Waals surface area contributed by atoms with E-state index in [9.17, 15) is 9.59 Å². The molecular weight excluding hydrogens is 392 g/mol. The Bertz CT molecular complexity index is 952. The lowest BCUT2D eigenvalue weighted by Crippen LogP contribution is -2.41. The van der Waals surface area contributed by atoms with E-state index in [1.807, 2.05) is 24.3 Å². The Morgan fingerprint density at radius 2 is 1.74 bits per heavy atom. The van der Waals surface area contributed by atoms with Crippen LogP contribution in [-0.4, -0.2) is 41.3 Å². The molecule has 4 rings (SSSR count). The Morgan fingerprint density at radius 3 is 2.35 bits per heavy atom. The molecule has 0 aliphatic carbocycles. The van der Waals surface area contributed by atoms with E-state index >= 15 is 0 Å². The van der Waals surface area contributed by atoms with Crippen molar-refractivity contribution in [3.63, 3.8) is 0 Å². The van der Waals surface area contributed by atoms with Gasteiger partial charge in [0.25, 0.3) is 11.8 Å². The maximum Gasteiger partial charge on any atom is 0.278 e. The first-order valence-electron chi connectivity index (χ1n) is 11.1. The van der Waals surface area contributed by atoms with Gasteiger partial charge in [0.2, 0.25) is 0 Å². The van der Waals surface area contributed by atoms with Crippen LogP contribution in [-0.2, 0) is 16.1 Å². The number of rotatable bonds is 7. The molecule has 2 amide bonds. The van der Waals surface area contributed by atoms with Gasteiger partial charge in [-0.25, -0.2) is 0 Å². The molecule has 2 aromatic rings. The molecular formula is C25H30N2O4. The van der Waals surface area contributed by atoms with Crippen LogP contribution in [0.15, 0.2) is 52.8 Å². The molecule has 6 nitrogen and oxygen atoms in total. The number of hydrogen-bond acceptors (Lipinski definition) is 5. The van der Waals surface area contributed by atoms with Gasteiger partial charge in [-0.05, 0) is 54.5 Å². The van der Waals surface area contributed by atoms with Crippen molar-refractivity contribution in [2.45, 2.75) is 40.2 Å². The van der Waals surface area contributed by atoms with Gasteiger partial charge in [-0.15, -0.1) is 0 Å². The van der Waals surface area contributed by atoms with Crippen LogP contribution in [0.2, 0.25) is 0 Å². The minimum absolute atomic E-state index is 0.133. The second-order valence-corrected chi connectivity index (χ2v) is 8.72. The smallest absolute Gasteiger partial charge is 0.278 e. The van der Waals surface area contributed by atoms with E-state index in [4.69, 9.17) is 9.15 Å². The maximum absolute atomic E-state index is 13.5. The van der Waals surface area contributed by atoms with Gasteiger partial charge in [0, 0.05) is 13.1 Å². The summed E-state index contributed by atoms with van der Waals surface area (Å²) in [5, 5.41) is 0. The van der Waals surface area contributed by atoms with E-state index in [0.717, 1.165) is 37.2 Å². The number of carbonyl (C=O) groups excluding carboxylic acids is 2. The minimum Gasteiger partial charge on any atom is -0.494 e. The third-order valence-electron chi connectivity index (χ3n) is 5.84. The van der Waals surface area contributed by atoms with E-state index in [-0.39, 0.29) is 18.4 Å². The van der Waals surface area contributed by atoms with Gasteiger partial charge in [0.05, 0.1) is 25.0 Å². The summed E-state index contributed by atoms with van der Waals surface area (Å²) in [6, 6.07) is 11.0. The van der Waals surface area contributed by atoms with Crippen molar-refractivity contribution in [1.82, 2.24) is 9.80 Å². The molecule has 2 unspecified atom stereocenters. The fraction of sp³-hybridized carbons (Fsp3) is 0.440. The molecule has 6 heteroatoms. The SMILES string of the molecule is CCCOc1ccc(C2=C(N3CC(C)CC(C)C3)C(=O)N(Cc3ccco3)C2=O)cc1. The van der Waals surface area contributed by atoms with Crippen LogP contribution in [0.5, 0.6) is 5.75 Å². The first-order chi connectivity index (χ1) is 15.0. The molecule has 3 heterocycles. The lowest BCUT2D eigenvalue weighted by molar-refractivity contribution is -0.138. The Balaban J connectivity index is 1.70. The zero-order valence-electron chi connectivity index (χ0n) is 18.5. The lowest BCUT2D eigenvalue weighted by atomic mass is 9.91. The van der Waals surface area contributed by atoms with Crippen LogP contribution in [0, 0.1) is 11.8 Å². The molecule has 2 aliphatic heterocycles. The van der Waals surface area contributed by atoms with E-state index in [1.54, 1.807) is 18.4 Å². The van der Waals surface area contributed by atoms with E-state index in [0.29, 0.717) is 35.5 Å². The summed E-state index contributed by atoms with van der Waals surface area (Å²) in [6.07, 6.45) is 3.61. The summed E-state index contributed by atoms with van der Waals surface area (Å²) < 4.78 is 11.1. The standard InChI is InChI=1S/C25H30N2O4/c1-4-11-30-20-9-7-19(8-10-20)22-23(26-14-17(2)13-18(3)15-26)25(29)27(24(22)28)16-21-6-5-12-31-21/h5-10,12,17-18H,4,11,13-16H2,1-3H3. The molecule has 31 heavy (non-hydrogen) atoms. The van der Waals surface area contributed by atoms with E-state index in [2.05, 4.69) is 25.7 Å². The molecule has 0 bridgehead atoms. The van der Waals surface area contributed by atoms with Crippen molar-refractivity contribution < 1.29 is 18.7 Å². The molecule has 1 aromatic heterocycles. The Morgan fingerprint density at radius 1 is 1.03 bits per heavy atom. The van der Waals surface area contributed by atoms with Crippen molar-refractivity contribution in [2.24, 2.45) is 11.8 Å². The fourth-order valence-electron chi connectivity index (χ4n) is 4.60.